The molecule has 0 aliphatic rings. The highest BCUT2D eigenvalue weighted by Gasteiger charge is 2.01. The van der Waals surface area contributed by atoms with Crippen LogP contribution in [0.1, 0.15) is 18.3 Å². The van der Waals surface area contributed by atoms with Crippen LogP contribution in [0.2, 0.25) is 0 Å². The summed E-state index contributed by atoms with van der Waals surface area (Å²) in [6, 6.07) is 12.3. The van der Waals surface area contributed by atoms with E-state index in [-0.39, 0.29) is 0 Å². The van der Waals surface area contributed by atoms with Crippen LogP contribution in [0.4, 0.5) is 0 Å². The predicted molar refractivity (Wildman–Crippen MR) is 76.5 cm³/mol. The third kappa shape index (κ3) is 5.16. The van der Waals surface area contributed by atoms with Crippen LogP contribution in [0.5, 0.6) is 0 Å². The minimum Gasteiger partial charge on any atom is -0.310 e. The molecule has 0 saturated heterocycles. The van der Waals surface area contributed by atoms with E-state index in [9.17, 15) is 0 Å². The first kappa shape index (κ1) is 13.6. The van der Waals surface area contributed by atoms with Gasteiger partial charge in [0.25, 0.3) is 0 Å². The van der Waals surface area contributed by atoms with Gasteiger partial charge in [0.2, 0.25) is 0 Å². The second kappa shape index (κ2) is 7.61. The highest BCUT2D eigenvalue weighted by molar-refractivity contribution is 5.04. The Bertz CT molecular complexity index is 458. The van der Waals surface area contributed by atoms with Crippen LogP contribution < -0.4 is 10.6 Å². The van der Waals surface area contributed by atoms with Crippen molar-refractivity contribution in [1.29, 1.82) is 0 Å². The highest BCUT2D eigenvalue weighted by Crippen LogP contribution is 1.94. The number of rotatable bonds is 7. The standard InChI is InChI=1S/C15H20N4/c1-13(19-12-15-7-3-5-9-18-15)10-16-11-14-6-2-4-8-17-14/h2-9,13,16,19H,10-12H2,1H3. The molecule has 0 aromatic carbocycles. The van der Waals surface area contributed by atoms with Crippen molar-refractivity contribution in [3.8, 4) is 0 Å². The van der Waals surface area contributed by atoms with Crippen LogP contribution in [-0.2, 0) is 13.1 Å². The molecule has 4 nitrogen and oxygen atoms in total. The number of hydrogen-bond donors (Lipinski definition) is 2. The zero-order valence-corrected chi connectivity index (χ0v) is 11.2. The fraction of sp³-hybridized carbons (Fsp3) is 0.333. The average Bonchev–Trinajstić information content (AvgIpc) is 2.47. The molecule has 0 fully saturated rings. The molecule has 0 radical (unpaired) electrons. The zero-order chi connectivity index (χ0) is 13.3. The molecule has 0 aliphatic carbocycles. The summed E-state index contributed by atoms with van der Waals surface area (Å²) in [5.41, 5.74) is 2.14. The molecular weight excluding hydrogens is 236 g/mol. The van der Waals surface area contributed by atoms with Crippen LogP contribution in [0.3, 0.4) is 0 Å². The summed E-state index contributed by atoms with van der Waals surface area (Å²) >= 11 is 0. The molecule has 0 spiro atoms. The molecule has 0 saturated carbocycles. The molecule has 19 heavy (non-hydrogen) atoms. The Balaban J connectivity index is 1.64. The van der Waals surface area contributed by atoms with E-state index in [1.165, 1.54) is 0 Å². The molecule has 2 N–H and O–H groups in total. The molecular formula is C15H20N4. The topological polar surface area (TPSA) is 49.8 Å². The lowest BCUT2D eigenvalue weighted by atomic mass is 10.3. The molecule has 2 aromatic rings. The second-order valence-electron chi connectivity index (χ2n) is 4.55. The molecule has 2 rings (SSSR count). The Morgan fingerprint density at radius 3 is 2.16 bits per heavy atom. The van der Waals surface area contributed by atoms with Crippen molar-refractivity contribution in [3.63, 3.8) is 0 Å². The summed E-state index contributed by atoms with van der Waals surface area (Å²) in [4.78, 5) is 8.56. The summed E-state index contributed by atoms with van der Waals surface area (Å²) < 4.78 is 0. The lowest BCUT2D eigenvalue weighted by Crippen LogP contribution is -2.35. The van der Waals surface area contributed by atoms with Gasteiger partial charge in [-0.2, -0.15) is 0 Å². The predicted octanol–water partition coefficient (Wildman–Crippen LogP) is 1.74. The molecule has 4 heteroatoms. The van der Waals surface area contributed by atoms with E-state index in [4.69, 9.17) is 0 Å². The summed E-state index contributed by atoms with van der Waals surface area (Å²) in [6.45, 7) is 4.67. The van der Waals surface area contributed by atoms with Gasteiger partial charge < -0.3 is 10.6 Å². The maximum absolute atomic E-state index is 4.29. The van der Waals surface area contributed by atoms with E-state index >= 15 is 0 Å². The van der Waals surface area contributed by atoms with Crippen molar-refractivity contribution >= 4 is 0 Å². The molecule has 1 unspecified atom stereocenters. The van der Waals surface area contributed by atoms with Crippen LogP contribution in [0, 0.1) is 0 Å². The van der Waals surface area contributed by atoms with Crippen molar-refractivity contribution in [3.05, 3.63) is 60.2 Å². The quantitative estimate of drug-likeness (QED) is 0.792. The lowest BCUT2D eigenvalue weighted by Gasteiger charge is -2.14. The molecule has 2 heterocycles. The summed E-state index contributed by atoms with van der Waals surface area (Å²) in [7, 11) is 0. The smallest absolute Gasteiger partial charge is 0.0541 e. The zero-order valence-electron chi connectivity index (χ0n) is 11.2. The van der Waals surface area contributed by atoms with Gasteiger partial charge in [-0.15, -0.1) is 0 Å². The Kier molecular flexibility index (Phi) is 5.47. The molecule has 0 aliphatic heterocycles. The normalized spacial score (nSPS) is 12.3. The first-order valence-electron chi connectivity index (χ1n) is 6.58. The number of nitrogens with one attached hydrogen (secondary N) is 2. The van der Waals surface area contributed by atoms with Gasteiger partial charge in [0, 0.05) is 38.1 Å². The fourth-order valence-electron chi connectivity index (χ4n) is 1.77. The minimum atomic E-state index is 0.394. The van der Waals surface area contributed by atoms with Gasteiger partial charge in [0.1, 0.15) is 0 Å². The minimum absolute atomic E-state index is 0.394. The Labute approximate surface area is 114 Å². The molecule has 0 amide bonds. The van der Waals surface area contributed by atoms with E-state index in [0.717, 1.165) is 31.0 Å². The van der Waals surface area contributed by atoms with E-state index in [1.807, 2.05) is 48.8 Å². The maximum atomic E-state index is 4.29. The first-order chi connectivity index (χ1) is 9.34. The largest absolute Gasteiger partial charge is 0.310 e. The molecule has 100 valence electrons. The van der Waals surface area contributed by atoms with Crippen LogP contribution in [0.15, 0.2) is 48.8 Å². The van der Waals surface area contributed by atoms with Gasteiger partial charge in [-0.3, -0.25) is 9.97 Å². The monoisotopic (exact) mass is 256 g/mol. The summed E-state index contributed by atoms with van der Waals surface area (Å²) in [5, 5.41) is 6.83. The SMILES string of the molecule is CC(CNCc1ccccn1)NCc1ccccn1. The second-order valence-corrected chi connectivity index (χ2v) is 4.55. The lowest BCUT2D eigenvalue weighted by molar-refractivity contribution is 0.496. The Hall–Kier alpha value is -1.78. The summed E-state index contributed by atoms with van der Waals surface area (Å²) in [6.07, 6.45) is 3.64. The van der Waals surface area contributed by atoms with Crippen molar-refractivity contribution in [2.24, 2.45) is 0 Å². The van der Waals surface area contributed by atoms with Crippen molar-refractivity contribution in [2.45, 2.75) is 26.1 Å². The van der Waals surface area contributed by atoms with Gasteiger partial charge >= 0.3 is 0 Å². The van der Waals surface area contributed by atoms with Gasteiger partial charge in [0.15, 0.2) is 0 Å². The van der Waals surface area contributed by atoms with Gasteiger partial charge in [-0.05, 0) is 31.2 Å². The van der Waals surface area contributed by atoms with Crippen molar-refractivity contribution in [2.75, 3.05) is 6.54 Å². The van der Waals surface area contributed by atoms with E-state index in [2.05, 4.69) is 27.5 Å². The van der Waals surface area contributed by atoms with Crippen LogP contribution in [-0.4, -0.2) is 22.6 Å². The Morgan fingerprint density at radius 2 is 1.58 bits per heavy atom. The summed E-state index contributed by atoms with van der Waals surface area (Å²) in [5.74, 6) is 0. The van der Waals surface area contributed by atoms with Crippen molar-refractivity contribution in [1.82, 2.24) is 20.6 Å². The fourth-order valence-corrected chi connectivity index (χ4v) is 1.77. The van der Waals surface area contributed by atoms with Crippen LogP contribution in [0.25, 0.3) is 0 Å². The number of aromatic nitrogens is 2. The molecule has 1 atom stereocenters. The number of pyridine rings is 2. The number of hydrogen-bond acceptors (Lipinski definition) is 4. The van der Waals surface area contributed by atoms with Crippen molar-refractivity contribution < 1.29 is 0 Å². The van der Waals surface area contributed by atoms with E-state index < -0.39 is 0 Å². The third-order valence-electron chi connectivity index (χ3n) is 2.84. The van der Waals surface area contributed by atoms with Gasteiger partial charge in [-0.25, -0.2) is 0 Å². The highest BCUT2D eigenvalue weighted by atomic mass is 15.0. The third-order valence-corrected chi connectivity index (χ3v) is 2.84. The van der Waals surface area contributed by atoms with E-state index in [1.54, 1.807) is 0 Å². The Morgan fingerprint density at radius 1 is 0.947 bits per heavy atom. The maximum Gasteiger partial charge on any atom is 0.0541 e. The average molecular weight is 256 g/mol. The number of nitrogens with zero attached hydrogens (tertiary/aromatic N) is 2. The van der Waals surface area contributed by atoms with Gasteiger partial charge in [-0.1, -0.05) is 12.1 Å². The molecule has 2 aromatic heterocycles. The van der Waals surface area contributed by atoms with E-state index in [0.29, 0.717) is 6.04 Å². The molecule has 0 bridgehead atoms. The van der Waals surface area contributed by atoms with Gasteiger partial charge in [0.05, 0.1) is 11.4 Å². The van der Waals surface area contributed by atoms with Crippen LogP contribution >= 0.6 is 0 Å². The first-order valence-corrected chi connectivity index (χ1v) is 6.58.